The van der Waals surface area contributed by atoms with Crippen molar-refractivity contribution in [1.29, 1.82) is 0 Å². The van der Waals surface area contributed by atoms with E-state index in [-0.39, 0.29) is 5.92 Å². The first-order valence-corrected chi connectivity index (χ1v) is 6.39. The van der Waals surface area contributed by atoms with E-state index >= 15 is 0 Å². The van der Waals surface area contributed by atoms with Crippen molar-refractivity contribution in [3.63, 3.8) is 0 Å². The van der Waals surface area contributed by atoms with Gasteiger partial charge in [-0.25, -0.2) is 4.79 Å². The van der Waals surface area contributed by atoms with Crippen LogP contribution in [0, 0.1) is 5.92 Å². The molecule has 0 spiro atoms. The number of ether oxygens (including phenoxy) is 2. The minimum atomic E-state index is -1.55. The van der Waals surface area contributed by atoms with Crippen LogP contribution in [0.15, 0.2) is 12.2 Å². The minimum absolute atomic E-state index is 0.0999. The number of nitrogens with zero attached hydrogens (tertiary/aromatic N) is 1. The minimum Gasteiger partial charge on any atom is -0.444 e. The molecule has 6 nitrogen and oxygen atoms in total. The number of amides is 1. The number of rotatable bonds is 0. The predicted molar refractivity (Wildman–Crippen MR) is 67.1 cm³/mol. The molecule has 0 bridgehead atoms. The van der Waals surface area contributed by atoms with Gasteiger partial charge in [-0.3, -0.25) is 4.90 Å². The summed E-state index contributed by atoms with van der Waals surface area (Å²) in [6, 6.07) is -0.651. The van der Waals surface area contributed by atoms with Gasteiger partial charge in [-0.05, 0) is 32.9 Å². The van der Waals surface area contributed by atoms with Crippen LogP contribution in [0.5, 0.6) is 0 Å². The van der Waals surface area contributed by atoms with Gasteiger partial charge >= 0.3 is 6.09 Å². The molecular weight excluding hydrogens is 250 g/mol. The number of aliphatic hydroxyl groups is 2. The lowest BCUT2D eigenvalue weighted by Crippen LogP contribution is -2.60. The average molecular weight is 271 g/mol. The Balaban J connectivity index is 2.27. The summed E-state index contributed by atoms with van der Waals surface area (Å²) in [5.74, 6) is -1.65. The van der Waals surface area contributed by atoms with Crippen LogP contribution in [0.2, 0.25) is 0 Å². The molecule has 2 rings (SSSR count). The van der Waals surface area contributed by atoms with Gasteiger partial charge < -0.3 is 19.7 Å². The van der Waals surface area contributed by atoms with E-state index in [1.165, 1.54) is 12.2 Å². The van der Waals surface area contributed by atoms with Crippen molar-refractivity contribution in [2.45, 2.75) is 51.4 Å². The molecule has 4 atom stereocenters. The molecule has 6 heteroatoms. The highest BCUT2D eigenvalue weighted by atomic mass is 16.6. The zero-order valence-corrected chi connectivity index (χ0v) is 11.7. The van der Waals surface area contributed by atoms with E-state index in [0.717, 1.165) is 4.90 Å². The summed E-state index contributed by atoms with van der Waals surface area (Å²) in [6.45, 7) is 7.41. The van der Waals surface area contributed by atoms with E-state index in [2.05, 4.69) is 0 Å². The van der Waals surface area contributed by atoms with Crippen LogP contribution in [-0.4, -0.2) is 51.5 Å². The molecule has 1 fully saturated rings. The van der Waals surface area contributed by atoms with Gasteiger partial charge in [0.2, 0.25) is 5.79 Å². The molecule has 1 saturated heterocycles. The SMILES string of the molecule is C[C@H]1CO[C@]2(O)C=CC(O)N(C(=O)OC(C)(C)C)[C@H]12. The third-order valence-electron chi connectivity index (χ3n) is 3.24. The van der Waals surface area contributed by atoms with Crippen LogP contribution in [0.25, 0.3) is 0 Å². The zero-order valence-electron chi connectivity index (χ0n) is 11.7. The van der Waals surface area contributed by atoms with E-state index in [4.69, 9.17) is 9.47 Å². The fourth-order valence-electron chi connectivity index (χ4n) is 2.49. The van der Waals surface area contributed by atoms with Crippen LogP contribution in [0.1, 0.15) is 27.7 Å². The van der Waals surface area contributed by atoms with E-state index in [1.807, 2.05) is 6.92 Å². The van der Waals surface area contributed by atoms with E-state index < -0.39 is 29.8 Å². The number of aliphatic hydroxyl groups excluding tert-OH is 1. The maximum atomic E-state index is 12.2. The summed E-state index contributed by atoms with van der Waals surface area (Å²) in [6.07, 6.45) is 0.944. The summed E-state index contributed by atoms with van der Waals surface area (Å²) in [5.41, 5.74) is -0.668. The van der Waals surface area contributed by atoms with Gasteiger partial charge in [0.1, 0.15) is 11.6 Å². The normalized spacial score (nSPS) is 38.2. The lowest BCUT2D eigenvalue weighted by atomic mass is 9.93. The number of hydrogen-bond acceptors (Lipinski definition) is 5. The highest BCUT2D eigenvalue weighted by molar-refractivity contribution is 5.70. The van der Waals surface area contributed by atoms with Gasteiger partial charge in [0, 0.05) is 5.92 Å². The fourth-order valence-corrected chi connectivity index (χ4v) is 2.49. The largest absolute Gasteiger partial charge is 0.444 e. The molecule has 0 aromatic heterocycles. The Bertz CT molecular complexity index is 402. The van der Waals surface area contributed by atoms with E-state index in [1.54, 1.807) is 20.8 Å². The third-order valence-corrected chi connectivity index (χ3v) is 3.24. The highest BCUT2D eigenvalue weighted by Crippen LogP contribution is 2.38. The fraction of sp³-hybridized carbons (Fsp3) is 0.769. The molecule has 1 unspecified atom stereocenters. The van der Waals surface area contributed by atoms with Gasteiger partial charge in [0.05, 0.1) is 6.61 Å². The second-order valence-corrected chi connectivity index (χ2v) is 6.15. The van der Waals surface area contributed by atoms with Crippen LogP contribution in [0.4, 0.5) is 4.79 Å². The van der Waals surface area contributed by atoms with Crippen molar-refractivity contribution in [3.8, 4) is 0 Å². The second kappa shape index (κ2) is 4.47. The van der Waals surface area contributed by atoms with Crippen molar-refractivity contribution >= 4 is 6.09 Å². The first-order chi connectivity index (χ1) is 8.64. The molecule has 0 saturated carbocycles. The van der Waals surface area contributed by atoms with Crippen molar-refractivity contribution in [1.82, 2.24) is 4.90 Å². The van der Waals surface area contributed by atoms with Crippen LogP contribution in [-0.2, 0) is 9.47 Å². The summed E-state index contributed by atoms with van der Waals surface area (Å²) in [4.78, 5) is 13.3. The molecule has 2 aliphatic rings. The first-order valence-electron chi connectivity index (χ1n) is 6.39. The molecule has 0 aromatic carbocycles. The quantitative estimate of drug-likeness (QED) is 0.638. The molecule has 19 heavy (non-hydrogen) atoms. The summed E-state index contributed by atoms with van der Waals surface area (Å²) in [5, 5.41) is 20.3. The molecular formula is C13H21NO5. The van der Waals surface area contributed by atoms with Crippen molar-refractivity contribution in [2.75, 3.05) is 6.61 Å². The molecule has 0 radical (unpaired) electrons. The van der Waals surface area contributed by atoms with Crippen LogP contribution >= 0.6 is 0 Å². The Labute approximate surface area is 112 Å². The summed E-state index contributed by atoms with van der Waals surface area (Å²) >= 11 is 0. The Morgan fingerprint density at radius 2 is 2.16 bits per heavy atom. The standard InChI is InChI=1S/C13H21NO5/c1-8-7-18-13(17)6-5-9(15)14(10(8)13)11(16)19-12(2,3)4/h5-6,8-10,15,17H,7H2,1-4H3/t8-,9?,10+,13+/m0/s1. The van der Waals surface area contributed by atoms with E-state index in [0.29, 0.717) is 6.61 Å². The van der Waals surface area contributed by atoms with Gasteiger partial charge in [-0.1, -0.05) is 6.92 Å². The van der Waals surface area contributed by atoms with Crippen molar-refractivity contribution < 1.29 is 24.5 Å². The van der Waals surface area contributed by atoms with Crippen molar-refractivity contribution in [2.24, 2.45) is 5.92 Å². The predicted octanol–water partition coefficient (Wildman–Crippen LogP) is 0.835. The highest BCUT2D eigenvalue weighted by Gasteiger charge is 2.54. The smallest absolute Gasteiger partial charge is 0.413 e. The Kier molecular flexibility index (Phi) is 3.36. The van der Waals surface area contributed by atoms with Gasteiger partial charge in [0.25, 0.3) is 0 Å². The molecule has 0 aliphatic carbocycles. The molecule has 2 N–H and O–H groups in total. The van der Waals surface area contributed by atoms with Gasteiger partial charge in [-0.15, -0.1) is 0 Å². The first kappa shape index (κ1) is 14.3. The maximum absolute atomic E-state index is 12.2. The number of carbonyl (C=O) groups excluding carboxylic acids is 1. The zero-order chi connectivity index (χ0) is 14.4. The molecule has 2 heterocycles. The van der Waals surface area contributed by atoms with Gasteiger partial charge in [-0.2, -0.15) is 0 Å². The average Bonchev–Trinajstić information content (AvgIpc) is 2.54. The summed E-state index contributed by atoms with van der Waals surface area (Å²) < 4.78 is 10.6. The lowest BCUT2D eigenvalue weighted by Gasteiger charge is -2.42. The Morgan fingerprint density at radius 1 is 1.53 bits per heavy atom. The number of hydrogen-bond donors (Lipinski definition) is 2. The Hall–Kier alpha value is -1.11. The van der Waals surface area contributed by atoms with Gasteiger partial charge in [0.15, 0.2) is 6.23 Å². The van der Waals surface area contributed by atoms with Crippen LogP contribution in [0.3, 0.4) is 0 Å². The maximum Gasteiger partial charge on any atom is 0.413 e. The monoisotopic (exact) mass is 271 g/mol. The van der Waals surface area contributed by atoms with Crippen LogP contribution < -0.4 is 0 Å². The van der Waals surface area contributed by atoms with E-state index in [9.17, 15) is 15.0 Å². The molecule has 2 aliphatic heterocycles. The van der Waals surface area contributed by atoms with Crippen molar-refractivity contribution in [3.05, 3.63) is 12.2 Å². The molecule has 108 valence electrons. The lowest BCUT2D eigenvalue weighted by molar-refractivity contribution is -0.181. The molecule has 1 amide bonds. The number of fused-ring (bicyclic) bond motifs is 1. The number of carbonyl (C=O) groups is 1. The second-order valence-electron chi connectivity index (χ2n) is 6.15. The molecule has 0 aromatic rings. The topological polar surface area (TPSA) is 79.2 Å². The third kappa shape index (κ3) is 2.61. The summed E-state index contributed by atoms with van der Waals surface area (Å²) in [7, 11) is 0. The Morgan fingerprint density at radius 3 is 2.74 bits per heavy atom.